The molecule has 0 aromatic carbocycles. The second kappa shape index (κ2) is 5.69. The minimum absolute atomic E-state index is 0.486. The van der Waals surface area contributed by atoms with Crippen LogP contribution in [0.15, 0.2) is 12.7 Å². The van der Waals surface area contributed by atoms with E-state index < -0.39 is 0 Å². The molecule has 86 valence electrons. The van der Waals surface area contributed by atoms with E-state index in [9.17, 15) is 0 Å². The van der Waals surface area contributed by atoms with E-state index in [0.29, 0.717) is 12.0 Å². The summed E-state index contributed by atoms with van der Waals surface area (Å²) in [4.78, 5) is 0. The smallest absolute Gasteiger partial charge is 0.0640 e. The maximum absolute atomic E-state index is 5.91. The van der Waals surface area contributed by atoms with Crippen LogP contribution in [0.4, 0.5) is 0 Å². The molecule has 1 heteroatoms. The van der Waals surface area contributed by atoms with E-state index in [1.54, 1.807) is 0 Å². The molecule has 1 nitrogen and oxygen atoms in total. The summed E-state index contributed by atoms with van der Waals surface area (Å²) in [5, 5.41) is 0. The monoisotopic (exact) mass is 208 g/mol. The Morgan fingerprint density at radius 1 is 1.00 bits per heavy atom. The first-order valence-corrected chi connectivity index (χ1v) is 6.66. The quantitative estimate of drug-likeness (QED) is 0.638. The van der Waals surface area contributed by atoms with Crippen molar-refractivity contribution < 1.29 is 4.74 Å². The fourth-order valence-corrected chi connectivity index (χ4v) is 3.24. The van der Waals surface area contributed by atoms with Gasteiger partial charge in [-0.2, -0.15) is 0 Å². The predicted octanol–water partition coefficient (Wildman–Crippen LogP) is 3.94. The van der Waals surface area contributed by atoms with Crippen molar-refractivity contribution >= 4 is 0 Å². The van der Waals surface area contributed by atoms with E-state index in [2.05, 4.69) is 12.7 Å². The van der Waals surface area contributed by atoms with Crippen LogP contribution in [0.3, 0.4) is 0 Å². The molecule has 0 N–H and O–H groups in total. The minimum Gasteiger partial charge on any atom is -0.378 e. The molecule has 0 radical (unpaired) electrons. The molecule has 15 heavy (non-hydrogen) atoms. The van der Waals surface area contributed by atoms with E-state index in [4.69, 9.17) is 4.74 Å². The molecule has 2 atom stereocenters. The van der Waals surface area contributed by atoms with Crippen LogP contribution in [0.1, 0.15) is 51.4 Å². The average molecular weight is 208 g/mol. The van der Waals surface area contributed by atoms with Gasteiger partial charge < -0.3 is 4.74 Å². The molecule has 2 fully saturated rings. The summed E-state index contributed by atoms with van der Waals surface area (Å²) in [6.45, 7) is 5.01. The predicted molar refractivity (Wildman–Crippen MR) is 63.9 cm³/mol. The normalized spacial score (nSPS) is 31.1. The highest BCUT2D eigenvalue weighted by Gasteiger charge is 2.29. The van der Waals surface area contributed by atoms with Crippen LogP contribution in [0, 0.1) is 11.8 Å². The van der Waals surface area contributed by atoms with Crippen LogP contribution < -0.4 is 0 Å². The molecule has 0 aromatic rings. The Morgan fingerprint density at radius 3 is 2.33 bits per heavy atom. The molecule has 2 aliphatic rings. The topological polar surface area (TPSA) is 9.23 Å². The van der Waals surface area contributed by atoms with Gasteiger partial charge in [-0.1, -0.05) is 25.3 Å². The van der Waals surface area contributed by atoms with Crippen molar-refractivity contribution in [3.63, 3.8) is 0 Å². The summed E-state index contributed by atoms with van der Waals surface area (Å²) < 4.78 is 5.91. The molecule has 1 aliphatic carbocycles. The molecular formula is C14H24O. The summed E-state index contributed by atoms with van der Waals surface area (Å²) in [5.74, 6) is 1.49. The average Bonchev–Trinajstić information content (AvgIpc) is 2.33. The number of rotatable bonds is 3. The van der Waals surface area contributed by atoms with Crippen LogP contribution in [0.2, 0.25) is 0 Å². The lowest BCUT2D eigenvalue weighted by molar-refractivity contribution is -0.0273. The fourth-order valence-electron chi connectivity index (χ4n) is 3.24. The van der Waals surface area contributed by atoms with Crippen molar-refractivity contribution in [1.82, 2.24) is 0 Å². The molecule has 1 saturated carbocycles. The summed E-state index contributed by atoms with van der Waals surface area (Å²) >= 11 is 0. The first kappa shape index (κ1) is 11.2. The second-order valence-corrected chi connectivity index (χ2v) is 5.12. The van der Waals surface area contributed by atoms with Gasteiger partial charge >= 0.3 is 0 Å². The lowest BCUT2D eigenvalue weighted by atomic mass is 9.76. The standard InChI is InChI=1S/C14H24O/c1-2-13(12-8-4-3-5-9-12)14-10-6-7-11-15-14/h2,12-14H,1,3-11H2. The Labute approximate surface area is 93.9 Å². The third-order valence-electron chi connectivity index (χ3n) is 4.11. The Hall–Kier alpha value is -0.300. The van der Waals surface area contributed by atoms with Crippen molar-refractivity contribution in [2.24, 2.45) is 11.8 Å². The van der Waals surface area contributed by atoms with Crippen molar-refractivity contribution in [3.05, 3.63) is 12.7 Å². The Bertz CT molecular complexity index is 170. The molecule has 0 amide bonds. The van der Waals surface area contributed by atoms with E-state index in [-0.39, 0.29) is 0 Å². The van der Waals surface area contributed by atoms with Crippen LogP contribution in [0.25, 0.3) is 0 Å². The molecule has 1 heterocycles. The summed E-state index contributed by atoms with van der Waals surface area (Å²) in [6, 6.07) is 0. The van der Waals surface area contributed by atoms with Gasteiger partial charge in [-0.15, -0.1) is 6.58 Å². The number of ether oxygens (including phenoxy) is 1. The van der Waals surface area contributed by atoms with Gasteiger partial charge in [0, 0.05) is 12.5 Å². The highest BCUT2D eigenvalue weighted by Crippen LogP contribution is 2.35. The maximum Gasteiger partial charge on any atom is 0.0640 e. The fraction of sp³-hybridized carbons (Fsp3) is 0.857. The lowest BCUT2D eigenvalue weighted by Crippen LogP contribution is -2.32. The van der Waals surface area contributed by atoms with Gasteiger partial charge in [-0.25, -0.2) is 0 Å². The number of hydrogen-bond donors (Lipinski definition) is 0. The van der Waals surface area contributed by atoms with Gasteiger partial charge in [0.05, 0.1) is 6.10 Å². The lowest BCUT2D eigenvalue weighted by Gasteiger charge is -2.35. The van der Waals surface area contributed by atoms with Crippen molar-refractivity contribution in [1.29, 1.82) is 0 Å². The molecule has 0 spiro atoms. The molecular weight excluding hydrogens is 184 g/mol. The maximum atomic E-state index is 5.91. The zero-order valence-electron chi connectivity index (χ0n) is 9.79. The van der Waals surface area contributed by atoms with Gasteiger partial charge in [0.15, 0.2) is 0 Å². The van der Waals surface area contributed by atoms with Crippen LogP contribution in [-0.2, 0) is 4.74 Å². The largest absolute Gasteiger partial charge is 0.378 e. The zero-order valence-corrected chi connectivity index (χ0v) is 9.79. The van der Waals surface area contributed by atoms with Crippen molar-refractivity contribution in [2.45, 2.75) is 57.5 Å². The van der Waals surface area contributed by atoms with Gasteiger partial charge in [0.2, 0.25) is 0 Å². The summed E-state index contributed by atoms with van der Waals surface area (Å²) in [5.41, 5.74) is 0. The van der Waals surface area contributed by atoms with Gasteiger partial charge in [-0.05, 0) is 38.0 Å². The van der Waals surface area contributed by atoms with E-state index >= 15 is 0 Å². The van der Waals surface area contributed by atoms with Crippen LogP contribution >= 0.6 is 0 Å². The van der Waals surface area contributed by atoms with Crippen LogP contribution in [0.5, 0.6) is 0 Å². The molecule has 1 saturated heterocycles. The highest BCUT2D eigenvalue weighted by atomic mass is 16.5. The van der Waals surface area contributed by atoms with Crippen molar-refractivity contribution in [2.75, 3.05) is 6.61 Å². The first-order chi connectivity index (χ1) is 7.42. The SMILES string of the molecule is C=CC(C1CCCCC1)C1CCCCO1. The Kier molecular flexibility index (Phi) is 4.25. The Morgan fingerprint density at radius 2 is 1.73 bits per heavy atom. The minimum atomic E-state index is 0.486. The second-order valence-electron chi connectivity index (χ2n) is 5.12. The van der Waals surface area contributed by atoms with Crippen LogP contribution in [-0.4, -0.2) is 12.7 Å². The summed E-state index contributed by atoms with van der Waals surface area (Å²) in [7, 11) is 0. The zero-order chi connectivity index (χ0) is 10.5. The third-order valence-corrected chi connectivity index (χ3v) is 4.11. The molecule has 0 aromatic heterocycles. The van der Waals surface area contributed by atoms with Gasteiger partial charge in [0.25, 0.3) is 0 Å². The van der Waals surface area contributed by atoms with E-state index in [1.165, 1.54) is 51.4 Å². The summed E-state index contributed by atoms with van der Waals surface area (Å²) in [6.07, 6.45) is 13.6. The van der Waals surface area contributed by atoms with E-state index in [0.717, 1.165) is 12.5 Å². The number of hydrogen-bond acceptors (Lipinski definition) is 1. The molecule has 0 bridgehead atoms. The van der Waals surface area contributed by atoms with E-state index in [1.807, 2.05) is 0 Å². The van der Waals surface area contributed by atoms with Crippen molar-refractivity contribution in [3.8, 4) is 0 Å². The third kappa shape index (κ3) is 2.84. The Balaban J connectivity index is 1.91. The highest BCUT2D eigenvalue weighted by molar-refractivity contribution is 4.92. The first-order valence-electron chi connectivity index (χ1n) is 6.66. The molecule has 2 unspecified atom stereocenters. The van der Waals surface area contributed by atoms with Gasteiger partial charge in [-0.3, -0.25) is 0 Å². The molecule has 2 rings (SSSR count). The molecule has 1 aliphatic heterocycles. The van der Waals surface area contributed by atoms with Gasteiger partial charge in [0.1, 0.15) is 0 Å².